The smallest absolute Gasteiger partial charge is 0.417 e. The van der Waals surface area contributed by atoms with E-state index in [1.807, 2.05) is 68.4 Å². The van der Waals surface area contributed by atoms with Gasteiger partial charge in [-0.3, -0.25) is 4.79 Å². The highest BCUT2D eigenvalue weighted by Gasteiger charge is 2.52. The molecule has 2 aliphatic rings. The summed E-state index contributed by atoms with van der Waals surface area (Å²) in [6, 6.07) is 16.7. The molecular formula is C23H24N2O5. The molecule has 30 heavy (non-hydrogen) atoms. The first-order valence-electron chi connectivity index (χ1n) is 9.86. The van der Waals surface area contributed by atoms with Gasteiger partial charge in [0.2, 0.25) is 6.10 Å². The SMILES string of the molecule is COc1ccc(C2=NO[C@H](C(=O)N3C(=O)OC(C)(C)[C@@H]3Cc3ccccc3)C2)cc1. The fraction of sp³-hybridized carbons (Fsp3) is 0.348. The minimum atomic E-state index is -0.859. The molecule has 0 unspecified atom stereocenters. The molecular weight excluding hydrogens is 384 g/mol. The van der Waals surface area contributed by atoms with E-state index in [1.54, 1.807) is 7.11 Å². The first-order valence-corrected chi connectivity index (χ1v) is 9.86. The van der Waals surface area contributed by atoms with E-state index in [0.29, 0.717) is 12.1 Å². The van der Waals surface area contributed by atoms with Gasteiger partial charge in [0.1, 0.15) is 11.4 Å². The van der Waals surface area contributed by atoms with Crippen molar-refractivity contribution in [3.05, 3.63) is 65.7 Å². The highest BCUT2D eigenvalue weighted by atomic mass is 16.6. The second-order valence-corrected chi connectivity index (χ2v) is 7.95. The van der Waals surface area contributed by atoms with Gasteiger partial charge >= 0.3 is 6.09 Å². The number of hydrogen-bond donors (Lipinski definition) is 0. The molecule has 156 valence electrons. The predicted molar refractivity (Wildman–Crippen MR) is 110 cm³/mol. The normalized spacial score (nSPS) is 22.3. The van der Waals surface area contributed by atoms with Gasteiger partial charge in [-0.2, -0.15) is 0 Å². The molecule has 7 heteroatoms. The van der Waals surface area contributed by atoms with Gasteiger partial charge in [0.25, 0.3) is 5.91 Å². The average Bonchev–Trinajstić information content (AvgIpc) is 3.31. The second kappa shape index (κ2) is 7.82. The lowest BCUT2D eigenvalue weighted by Gasteiger charge is -2.28. The number of carbonyl (C=O) groups excluding carboxylic acids is 2. The summed E-state index contributed by atoms with van der Waals surface area (Å²) < 4.78 is 10.7. The number of rotatable bonds is 5. The fourth-order valence-electron chi connectivity index (χ4n) is 3.82. The van der Waals surface area contributed by atoms with Crippen molar-refractivity contribution in [3.8, 4) is 5.75 Å². The van der Waals surface area contributed by atoms with Crippen LogP contribution < -0.4 is 4.74 Å². The van der Waals surface area contributed by atoms with Crippen LogP contribution in [-0.2, 0) is 20.8 Å². The monoisotopic (exact) mass is 408 g/mol. The van der Waals surface area contributed by atoms with Gasteiger partial charge in [-0.05, 0) is 55.7 Å². The van der Waals surface area contributed by atoms with Crippen LogP contribution >= 0.6 is 0 Å². The van der Waals surface area contributed by atoms with E-state index in [4.69, 9.17) is 14.3 Å². The molecule has 2 aromatic rings. The molecule has 1 saturated heterocycles. The molecule has 7 nitrogen and oxygen atoms in total. The summed E-state index contributed by atoms with van der Waals surface area (Å²) in [7, 11) is 1.60. The Kier molecular flexibility index (Phi) is 5.20. The van der Waals surface area contributed by atoms with Crippen LogP contribution in [0.2, 0.25) is 0 Å². The Morgan fingerprint density at radius 2 is 1.87 bits per heavy atom. The summed E-state index contributed by atoms with van der Waals surface area (Å²) in [5.41, 5.74) is 1.72. The molecule has 0 bridgehead atoms. The highest BCUT2D eigenvalue weighted by Crippen LogP contribution is 2.33. The van der Waals surface area contributed by atoms with Crippen LogP contribution in [-0.4, -0.2) is 47.5 Å². The number of carbonyl (C=O) groups is 2. The summed E-state index contributed by atoms with van der Waals surface area (Å²) in [6.07, 6.45) is -0.716. The van der Waals surface area contributed by atoms with E-state index in [2.05, 4.69) is 5.16 Å². The van der Waals surface area contributed by atoms with E-state index in [-0.39, 0.29) is 6.42 Å². The van der Waals surface area contributed by atoms with E-state index in [9.17, 15) is 9.59 Å². The zero-order valence-electron chi connectivity index (χ0n) is 17.2. The first-order chi connectivity index (χ1) is 14.4. The maximum absolute atomic E-state index is 13.2. The minimum Gasteiger partial charge on any atom is -0.497 e. The largest absolute Gasteiger partial charge is 0.497 e. The van der Waals surface area contributed by atoms with Gasteiger partial charge in [0.05, 0.1) is 18.9 Å². The second-order valence-electron chi connectivity index (χ2n) is 7.95. The fourth-order valence-corrected chi connectivity index (χ4v) is 3.82. The van der Waals surface area contributed by atoms with Crippen molar-refractivity contribution in [2.75, 3.05) is 7.11 Å². The van der Waals surface area contributed by atoms with Gasteiger partial charge in [-0.25, -0.2) is 9.69 Å². The average molecular weight is 408 g/mol. The van der Waals surface area contributed by atoms with Crippen LogP contribution in [0.1, 0.15) is 31.4 Å². The number of amides is 2. The van der Waals surface area contributed by atoms with Crippen LogP contribution in [0.3, 0.4) is 0 Å². The lowest BCUT2D eigenvalue weighted by molar-refractivity contribution is -0.140. The van der Waals surface area contributed by atoms with E-state index in [1.165, 1.54) is 4.90 Å². The molecule has 0 saturated carbocycles. The van der Waals surface area contributed by atoms with Gasteiger partial charge in [0, 0.05) is 6.42 Å². The van der Waals surface area contributed by atoms with Crippen LogP contribution in [0.5, 0.6) is 5.75 Å². The Morgan fingerprint density at radius 3 is 2.53 bits per heavy atom. The molecule has 2 aliphatic heterocycles. The molecule has 2 atom stereocenters. The minimum absolute atomic E-state index is 0.285. The van der Waals surface area contributed by atoms with Crippen molar-refractivity contribution in [2.45, 2.75) is 44.4 Å². The number of benzene rings is 2. The van der Waals surface area contributed by atoms with Crippen molar-refractivity contribution >= 4 is 17.7 Å². The Labute approximate surface area is 175 Å². The summed E-state index contributed by atoms with van der Waals surface area (Å²) in [5.74, 6) is 0.301. The zero-order valence-corrected chi connectivity index (χ0v) is 17.2. The Morgan fingerprint density at radius 1 is 1.17 bits per heavy atom. The van der Waals surface area contributed by atoms with Crippen LogP contribution in [0, 0.1) is 0 Å². The molecule has 0 radical (unpaired) electrons. The van der Waals surface area contributed by atoms with E-state index < -0.39 is 29.7 Å². The molecule has 0 N–H and O–H groups in total. The first kappa shape index (κ1) is 19.9. The third-order valence-corrected chi connectivity index (χ3v) is 5.54. The molecule has 4 rings (SSSR count). The molecule has 0 aromatic heterocycles. The van der Waals surface area contributed by atoms with Gasteiger partial charge in [-0.15, -0.1) is 0 Å². The Bertz CT molecular complexity index is 969. The quantitative estimate of drug-likeness (QED) is 0.756. The molecule has 0 spiro atoms. The van der Waals surface area contributed by atoms with Gasteiger partial charge < -0.3 is 14.3 Å². The summed E-state index contributed by atoms with van der Waals surface area (Å²) in [6.45, 7) is 3.64. The van der Waals surface area contributed by atoms with Crippen molar-refractivity contribution < 1.29 is 23.9 Å². The third kappa shape index (κ3) is 3.75. The predicted octanol–water partition coefficient (Wildman–Crippen LogP) is 3.56. The lowest BCUT2D eigenvalue weighted by atomic mass is 9.91. The molecule has 2 heterocycles. The topological polar surface area (TPSA) is 77.4 Å². The third-order valence-electron chi connectivity index (χ3n) is 5.54. The van der Waals surface area contributed by atoms with Crippen LogP contribution in [0.25, 0.3) is 0 Å². The maximum atomic E-state index is 13.2. The standard InChI is InChI=1S/C23H24N2O5/c1-23(2)20(13-15-7-5-4-6-8-15)25(22(27)29-23)21(26)19-14-18(24-30-19)16-9-11-17(28-3)12-10-16/h4-12,19-20H,13-14H2,1-3H3/t19-,20-/m0/s1. The number of cyclic esters (lactones) is 1. The van der Waals surface area contributed by atoms with E-state index >= 15 is 0 Å². The number of methoxy groups -OCH3 is 1. The van der Waals surface area contributed by atoms with Crippen molar-refractivity contribution in [1.82, 2.24) is 4.90 Å². The van der Waals surface area contributed by atoms with Crippen LogP contribution in [0.4, 0.5) is 4.79 Å². The number of ether oxygens (including phenoxy) is 2. The van der Waals surface area contributed by atoms with Crippen molar-refractivity contribution in [1.29, 1.82) is 0 Å². The Hall–Kier alpha value is -3.35. The number of oxime groups is 1. The Balaban J connectivity index is 1.50. The summed E-state index contributed by atoms with van der Waals surface area (Å²) in [5, 5.41) is 4.08. The number of nitrogens with zero attached hydrogens (tertiary/aromatic N) is 2. The van der Waals surface area contributed by atoms with Gasteiger partial charge in [0.15, 0.2) is 0 Å². The van der Waals surface area contributed by atoms with Crippen molar-refractivity contribution in [3.63, 3.8) is 0 Å². The van der Waals surface area contributed by atoms with Crippen molar-refractivity contribution in [2.24, 2.45) is 5.16 Å². The zero-order chi connectivity index (χ0) is 21.3. The maximum Gasteiger partial charge on any atom is 0.417 e. The summed E-state index contributed by atoms with van der Waals surface area (Å²) in [4.78, 5) is 32.4. The number of imide groups is 1. The highest BCUT2D eigenvalue weighted by molar-refractivity contribution is 6.06. The summed E-state index contributed by atoms with van der Waals surface area (Å²) >= 11 is 0. The van der Waals surface area contributed by atoms with E-state index in [0.717, 1.165) is 16.9 Å². The molecule has 2 amide bonds. The lowest BCUT2D eigenvalue weighted by Crippen LogP contribution is -2.49. The molecule has 0 aliphatic carbocycles. The van der Waals surface area contributed by atoms with Crippen LogP contribution in [0.15, 0.2) is 59.8 Å². The van der Waals surface area contributed by atoms with Gasteiger partial charge in [-0.1, -0.05) is 35.5 Å². The molecule has 1 fully saturated rings. The molecule has 2 aromatic carbocycles. The number of hydrogen-bond acceptors (Lipinski definition) is 6.